The SMILES string of the molecule is CCN=NC1(OC(C)=O)CCCCC1. The average molecular weight is 198 g/mol. The summed E-state index contributed by atoms with van der Waals surface area (Å²) in [5.41, 5.74) is -0.639. The maximum Gasteiger partial charge on any atom is 0.304 e. The Morgan fingerprint density at radius 3 is 2.50 bits per heavy atom. The van der Waals surface area contributed by atoms with E-state index < -0.39 is 5.72 Å². The van der Waals surface area contributed by atoms with Crippen molar-refractivity contribution in [3.63, 3.8) is 0 Å². The van der Waals surface area contributed by atoms with Crippen LogP contribution in [-0.2, 0) is 9.53 Å². The molecule has 0 aromatic heterocycles. The summed E-state index contributed by atoms with van der Waals surface area (Å²) in [6.45, 7) is 3.99. The van der Waals surface area contributed by atoms with Gasteiger partial charge < -0.3 is 4.74 Å². The largest absolute Gasteiger partial charge is 0.436 e. The summed E-state index contributed by atoms with van der Waals surface area (Å²) in [5.74, 6) is -0.262. The molecule has 1 saturated carbocycles. The van der Waals surface area contributed by atoms with Crippen LogP contribution < -0.4 is 0 Å². The molecule has 1 rings (SSSR count). The highest BCUT2D eigenvalue weighted by atomic mass is 16.6. The van der Waals surface area contributed by atoms with Crippen molar-refractivity contribution in [1.29, 1.82) is 0 Å². The molecule has 0 radical (unpaired) electrons. The molecule has 80 valence electrons. The van der Waals surface area contributed by atoms with Crippen LogP contribution in [0.3, 0.4) is 0 Å². The van der Waals surface area contributed by atoms with E-state index in [1.807, 2.05) is 6.92 Å². The van der Waals surface area contributed by atoms with Crippen molar-refractivity contribution >= 4 is 5.97 Å². The fourth-order valence-electron chi connectivity index (χ4n) is 1.79. The van der Waals surface area contributed by atoms with Gasteiger partial charge in [-0.3, -0.25) is 4.79 Å². The van der Waals surface area contributed by atoms with Gasteiger partial charge in [-0.25, -0.2) is 0 Å². The molecule has 0 spiro atoms. The van der Waals surface area contributed by atoms with E-state index in [0.29, 0.717) is 6.54 Å². The third-order valence-electron chi connectivity index (χ3n) is 2.36. The molecule has 1 aliphatic rings. The predicted octanol–water partition coefficient (Wildman–Crippen LogP) is 2.68. The van der Waals surface area contributed by atoms with Gasteiger partial charge in [0.05, 0.1) is 6.54 Å². The number of esters is 1. The standard InChI is InChI=1S/C10H18N2O2/c1-3-11-12-10(14-9(2)13)7-5-4-6-8-10/h3-8H2,1-2H3. The molecule has 14 heavy (non-hydrogen) atoms. The minimum absolute atomic E-state index is 0.262. The lowest BCUT2D eigenvalue weighted by atomic mass is 9.92. The van der Waals surface area contributed by atoms with Crippen LogP contribution in [0.25, 0.3) is 0 Å². The Labute approximate surface area is 84.7 Å². The molecule has 0 saturated heterocycles. The Morgan fingerprint density at radius 2 is 2.00 bits per heavy atom. The summed E-state index contributed by atoms with van der Waals surface area (Å²) in [6.07, 6.45) is 4.96. The lowest BCUT2D eigenvalue weighted by Crippen LogP contribution is -2.34. The number of carbonyl (C=O) groups is 1. The molecule has 4 heteroatoms. The van der Waals surface area contributed by atoms with Crippen LogP contribution in [0.5, 0.6) is 0 Å². The number of ether oxygens (including phenoxy) is 1. The zero-order valence-electron chi connectivity index (χ0n) is 8.95. The highest BCUT2D eigenvalue weighted by Crippen LogP contribution is 2.33. The maximum atomic E-state index is 11.0. The molecule has 0 amide bonds. The second kappa shape index (κ2) is 5.08. The Balaban J connectivity index is 2.66. The molecule has 0 aliphatic heterocycles. The van der Waals surface area contributed by atoms with Crippen molar-refractivity contribution in [2.24, 2.45) is 10.2 Å². The van der Waals surface area contributed by atoms with Gasteiger partial charge in [-0.05, 0) is 19.8 Å². The number of hydrogen-bond acceptors (Lipinski definition) is 4. The molecule has 1 aliphatic carbocycles. The van der Waals surface area contributed by atoms with Gasteiger partial charge in [-0.15, -0.1) is 5.11 Å². The number of azo groups is 1. The van der Waals surface area contributed by atoms with Crippen molar-refractivity contribution in [1.82, 2.24) is 0 Å². The minimum atomic E-state index is -0.639. The fraction of sp³-hybridized carbons (Fsp3) is 0.900. The lowest BCUT2D eigenvalue weighted by molar-refractivity contribution is -0.160. The molecule has 0 atom stereocenters. The van der Waals surface area contributed by atoms with Crippen molar-refractivity contribution < 1.29 is 9.53 Å². The first kappa shape index (κ1) is 11.1. The molecule has 0 aromatic rings. The topological polar surface area (TPSA) is 51.0 Å². The predicted molar refractivity (Wildman–Crippen MR) is 53.0 cm³/mol. The maximum absolute atomic E-state index is 11.0. The first-order chi connectivity index (χ1) is 6.68. The van der Waals surface area contributed by atoms with E-state index in [2.05, 4.69) is 10.2 Å². The molecule has 0 aromatic carbocycles. The number of hydrogen-bond donors (Lipinski definition) is 0. The van der Waals surface area contributed by atoms with Crippen molar-refractivity contribution in [3.05, 3.63) is 0 Å². The summed E-state index contributed by atoms with van der Waals surface area (Å²) < 4.78 is 5.28. The van der Waals surface area contributed by atoms with E-state index in [4.69, 9.17) is 4.74 Å². The number of rotatable bonds is 3. The smallest absolute Gasteiger partial charge is 0.304 e. The summed E-state index contributed by atoms with van der Waals surface area (Å²) in [6, 6.07) is 0. The van der Waals surface area contributed by atoms with E-state index in [0.717, 1.165) is 25.7 Å². The summed E-state index contributed by atoms with van der Waals surface area (Å²) >= 11 is 0. The third kappa shape index (κ3) is 3.09. The minimum Gasteiger partial charge on any atom is -0.436 e. The van der Waals surface area contributed by atoms with Gasteiger partial charge in [0.1, 0.15) is 0 Å². The van der Waals surface area contributed by atoms with Gasteiger partial charge in [-0.2, -0.15) is 5.11 Å². The van der Waals surface area contributed by atoms with Gasteiger partial charge in [0.25, 0.3) is 0 Å². The van der Waals surface area contributed by atoms with Gasteiger partial charge in [0, 0.05) is 19.8 Å². The first-order valence-corrected chi connectivity index (χ1v) is 5.27. The van der Waals surface area contributed by atoms with E-state index in [1.165, 1.54) is 13.3 Å². The summed E-state index contributed by atoms with van der Waals surface area (Å²) in [7, 11) is 0. The Kier molecular flexibility index (Phi) is 4.04. The molecule has 1 fully saturated rings. The zero-order chi connectivity index (χ0) is 10.4. The van der Waals surface area contributed by atoms with Crippen molar-refractivity contribution in [2.75, 3.05) is 6.54 Å². The van der Waals surface area contributed by atoms with Crippen molar-refractivity contribution in [2.45, 2.75) is 51.7 Å². The van der Waals surface area contributed by atoms with Crippen LogP contribution in [0.2, 0.25) is 0 Å². The molecule has 0 unspecified atom stereocenters. The first-order valence-electron chi connectivity index (χ1n) is 5.27. The van der Waals surface area contributed by atoms with Crippen LogP contribution in [0.15, 0.2) is 10.2 Å². The van der Waals surface area contributed by atoms with E-state index >= 15 is 0 Å². The zero-order valence-corrected chi connectivity index (χ0v) is 8.95. The molecule has 0 bridgehead atoms. The Hall–Kier alpha value is -0.930. The Bertz CT molecular complexity index is 220. The molecular weight excluding hydrogens is 180 g/mol. The second-order valence-corrected chi connectivity index (χ2v) is 3.66. The number of carbonyl (C=O) groups excluding carboxylic acids is 1. The van der Waals surface area contributed by atoms with E-state index in [-0.39, 0.29) is 5.97 Å². The fourth-order valence-corrected chi connectivity index (χ4v) is 1.79. The molecule has 0 heterocycles. The van der Waals surface area contributed by atoms with E-state index in [9.17, 15) is 4.79 Å². The van der Waals surface area contributed by atoms with Crippen LogP contribution in [-0.4, -0.2) is 18.2 Å². The Morgan fingerprint density at radius 1 is 1.36 bits per heavy atom. The quantitative estimate of drug-likeness (QED) is 0.517. The molecule has 0 N–H and O–H groups in total. The normalized spacial score (nSPS) is 21.0. The summed E-state index contributed by atoms with van der Waals surface area (Å²) in [5, 5.41) is 8.12. The highest BCUT2D eigenvalue weighted by Gasteiger charge is 2.35. The van der Waals surface area contributed by atoms with Gasteiger partial charge in [-0.1, -0.05) is 6.42 Å². The van der Waals surface area contributed by atoms with Crippen LogP contribution in [0.4, 0.5) is 0 Å². The van der Waals surface area contributed by atoms with Gasteiger partial charge in [0.2, 0.25) is 5.72 Å². The monoisotopic (exact) mass is 198 g/mol. The van der Waals surface area contributed by atoms with Crippen molar-refractivity contribution in [3.8, 4) is 0 Å². The number of nitrogens with zero attached hydrogens (tertiary/aromatic N) is 2. The highest BCUT2D eigenvalue weighted by molar-refractivity contribution is 5.66. The summed E-state index contributed by atoms with van der Waals surface area (Å²) in [4.78, 5) is 11.0. The third-order valence-corrected chi connectivity index (χ3v) is 2.36. The van der Waals surface area contributed by atoms with Gasteiger partial charge >= 0.3 is 5.97 Å². The average Bonchev–Trinajstić information content (AvgIpc) is 2.15. The lowest BCUT2D eigenvalue weighted by Gasteiger charge is -2.31. The van der Waals surface area contributed by atoms with Gasteiger partial charge in [0.15, 0.2) is 0 Å². The van der Waals surface area contributed by atoms with E-state index in [1.54, 1.807) is 0 Å². The van der Waals surface area contributed by atoms with Crippen LogP contribution in [0, 0.1) is 0 Å². The second-order valence-electron chi connectivity index (χ2n) is 3.66. The molecular formula is C10H18N2O2. The molecule has 4 nitrogen and oxygen atoms in total. The van der Waals surface area contributed by atoms with Crippen LogP contribution >= 0.6 is 0 Å². The van der Waals surface area contributed by atoms with Crippen LogP contribution in [0.1, 0.15) is 46.0 Å².